The van der Waals surface area contributed by atoms with E-state index in [0.29, 0.717) is 19.4 Å². The molecule has 1 aromatic carbocycles. The third-order valence-electron chi connectivity index (χ3n) is 6.97. The molecule has 0 radical (unpaired) electrons. The summed E-state index contributed by atoms with van der Waals surface area (Å²) >= 11 is 0. The Morgan fingerprint density at radius 1 is 0.919 bits per heavy atom. The predicted molar refractivity (Wildman–Crippen MR) is 157 cm³/mol. The van der Waals surface area contributed by atoms with Crippen molar-refractivity contribution in [2.45, 2.75) is 126 Å². The number of carbonyl (C=O) groups excluding carboxylic acids is 2. The van der Waals surface area contributed by atoms with E-state index in [4.69, 9.17) is 9.47 Å². The molecular weight excluding hydrogens is 460 g/mol. The topological polar surface area (TPSA) is 52.6 Å². The molecule has 0 aliphatic rings. The first-order chi connectivity index (χ1) is 16.9. The molecule has 0 amide bonds. The Hall–Kier alpha value is -1.78. The van der Waals surface area contributed by atoms with Gasteiger partial charge < -0.3 is 9.47 Å². The highest BCUT2D eigenvalue weighted by Gasteiger charge is 2.47. The minimum absolute atomic E-state index is 0.0341. The maximum atomic E-state index is 13.9. The highest BCUT2D eigenvalue weighted by molar-refractivity contribution is 5.89. The zero-order valence-corrected chi connectivity index (χ0v) is 26.0. The van der Waals surface area contributed by atoms with Gasteiger partial charge in [0.15, 0.2) is 5.78 Å². The van der Waals surface area contributed by atoms with Crippen molar-refractivity contribution in [3.05, 3.63) is 48.6 Å². The van der Waals surface area contributed by atoms with Gasteiger partial charge in [-0.1, -0.05) is 84.9 Å². The Kier molecular flexibility index (Phi) is 14.3. The zero-order valence-electron chi connectivity index (χ0n) is 26.0. The highest BCUT2D eigenvalue weighted by atomic mass is 16.5. The first-order valence-electron chi connectivity index (χ1n) is 13.9. The van der Waals surface area contributed by atoms with Gasteiger partial charge >= 0.3 is 0 Å². The van der Waals surface area contributed by atoms with Crippen molar-refractivity contribution in [2.75, 3.05) is 6.61 Å². The lowest BCUT2D eigenvalue weighted by atomic mass is 9.71. The number of benzene rings is 1. The lowest BCUT2D eigenvalue weighted by molar-refractivity contribution is -0.168. The van der Waals surface area contributed by atoms with Gasteiger partial charge in [0.05, 0.1) is 16.6 Å². The van der Waals surface area contributed by atoms with Gasteiger partial charge in [0, 0.05) is 24.9 Å². The van der Waals surface area contributed by atoms with Gasteiger partial charge in [-0.05, 0) is 58.9 Å². The molecular formula is C33H56O4. The van der Waals surface area contributed by atoms with E-state index in [2.05, 4.69) is 6.58 Å². The number of allylic oxidation sites excluding steroid dienone is 1. The van der Waals surface area contributed by atoms with E-state index in [1.165, 1.54) is 0 Å². The molecule has 212 valence electrons. The number of hydrogen-bond acceptors (Lipinski definition) is 4. The zero-order chi connectivity index (χ0) is 29.1. The molecule has 2 atom stereocenters. The van der Waals surface area contributed by atoms with Crippen LogP contribution in [0.25, 0.3) is 0 Å². The Morgan fingerprint density at radius 2 is 1.46 bits per heavy atom. The minimum atomic E-state index is -0.785. The summed E-state index contributed by atoms with van der Waals surface area (Å²) in [5, 5.41) is 0. The van der Waals surface area contributed by atoms with Gasteiger partial charge in [-0.25, -0.2) is 0 Å². The highest BCUT2D eigenvalue weighted by Crippen LogP contribution is 2.38. The van der Waals surface area contributed by atoms with E-state index in [0.717, 1.165) is 18.4 Å². The second-order valence-corrected chi connectivity index (χ2v) is 12.8. The SMILES string of the molecule is C=CCC(CCOC(C)(C)C(C)(C)C(=O)C(Cc1ccccc1)OC(C)(C)C)CC(=O)C(C)(C)C.CC. The van der Waals surface area contributed by atoms with Gasteiger partial charge in [0.1, 0.15) is 11.9 Å². The van der Waals surface area contributed by atoms with Crippen LogP contribution in [0.2, 0.25) is 0 Å². The van der Waals surface area contributed by atoms with E-state index in [1.807, 2.05) is 119 Å². The van der Waals surface area contributed by atoms with E-state index in [1.54, 1.807) is 0 Å². The summed E-state index contributed by atoms with van der Waals surface area (Å²) < 4.78 is 12.6. The molecule has 0 aliphatic carbocycles. The molecule has 2 unspecified atom stereocenters. The molecule has 1 aromatic rings. The maximum absolute atomic E-state index is 13.9. The Bertz CT molecular complexity index is 822. The van der Waals surface area contributed by atoms with Gasteiger partial charge in [-0.3, -0.25) is 9.59 Å². The normalized spacial score (nSPS) is 14.3. The van der Waals surface area contributed by atoms with Crippen molar-refractivity contribution in [3.8, 4) is 0 Å². The fraction of sp³-hybridized carbons (Fsp3) is 0.697. The molecule has 0 bridgehead atoms. The molecule has 0 fully saturated rings. The first kappa shape index (κ1) is 35.2. The number of ketones is 2. The minimum Gasteiger partial charge on any atom is -0.375 e. The van der Waals surface area contributed by atoms with Gasteiger partial charge in [-0.15, -0.1) is 6.58 Å². The summed E-state index contributed by atoms with van der Waals surface area (Å²) in [6.45, 7) is 28.0. The standard InChI is InChI=1S/C31H50O4.C2H6/c1-12-16-23(22-26(32)28(2,3)4)19-20-34-31(10,11)30(8,9)27(33)25(35-29(5,6)7)21-24-17-14-13-15-18-24;1-2/h12-15,17-18,23,25H,1,16,19-22H2,2-11H3;1-2H3. The summed E-state index contributed by atoms with van der Waals surface area (Å²) in [4.78, 5) is 26.4. The van der Waals surface area contributed by atoms with Crippen LogP contribution in [0.1, 0.15) is 108 Å². The van der Waals surface area contributed by atoms with Crippen molar-refractivity contribution in [1.82, 2.24) is 0 Å². The summed E-state index contributed by atoms with van der Waals surface area (Å²) in [6.07, 6.45) is 3.85. The third kappa shape index (κ3) is 12.1. The maximum Gasteiger partial charge on any atom is 0.170 e. The van der Waals surface area contributed by atoms with Crippen molar-refractivity contribution in [2.24, 2.45) is 16.7 Å². The molecule has 0 N–H and O–H groups in total. The number of ether oxygens (including phenoxy) is 2. The van der Waals surface area contributed by atoms with E-state index in [9.17, 15) is 9.59 Å². The second kappa shape index (κ2) is 15.0. The summed E-state index contributed by atoms with van der Waals surface area (Å²) in [5.74, 6) is 0.470. The van der Waals surface area contributed by atoms with Gasteiger partial charge in [0.25, 0.3) is 0 Å². The van der Waals surface area contributed by atoms with Crippen LogP contribution in [0.5, 0.6) is 0 Å². The molecule has 1 rings (SSSR count). The average Bonchev–Trinajstić information content (AvgIpc) is 2.78. The van der Waals surface area contributed by atoms with Crippen LogP contribution in [0.3, 0.4) is 0 Å². The van der Waals surface area contributed by atoms with Gasteiger partial charge in [-0.2, -0.15) is 0 Å². The van der Waals surface area contributed by atoms with E-state index < -0.39 is 22.7 Å². The molecule has 0 saturated heterocycles. The average molecular weight is 517 g/mol. The molecule has 0 heterocycles. The molecule has 4 heteroatoms. The number of hydrogen-bond donors (Lipinski definition) is 0. The van der Waals surface area contributed by atoms with Crippen LogP contribution in [-0.4, -0.2) is 35.5 Å². The molecule has 0 spiro atoms. The lowest BCUT2D eigenvalue weighted by Crippen LogP contribution is -2.53. The van der Waals surface area contributed by atoms with E-state index in [-0.39, 0.29) is 22.9 Å². The Balaban J connectivity index is 0.00000631. The van der Waals surface area contributed by atoms with Crippen LogP contribution < -0.4 is 0 Å². The molecule has 4 nitrogen and oxygen atoms in total. The van der Waals surface area contributed by atoms with Crippen molar-refractivity contribution < 1.29 is 19.1 Å². The molecule has 0 aliphatic heterocycles. The van der Waals surface area contributed by atoms with Crippen molar-refractivity contribution in [1.29, 1.82) is 0 Å². The third-order valence-corrected chi connectivity index (χ3v) is 6.97. The van der Waals surface area contributed by atoms with Crippen LogP contribution in [-0.2, 0) is 25.5 Å². The smallest absolute Gasteiger partial charge is 0.170 e. The molecule has 0 aromatic heterocycles. The largest absolute Gasteiger partial charge is 0.375 e. The Morgan fingerprint density at radius 3 is 1.92 bits per heavy atom. The van der Waals surface area contributed by atoms with Crippen LogP contribution in [0, 0.1) is 16.7 Å². The Labute approximate surface area is 228 Å². The van der Waals surface area contributed by atoms with E-state index >= 15 is 0 Å². The fourth-order valence-corrected chi connectivity index (χ4v) is 3.91. The summed E-state index contributed by atoms with van der Waals surface area (Å²) in [7, 11) is 0. The van der Waals surface area contributed by atoms with Crippen LogP contribution in [0.4, 0.5) is 0 Å². The summed E-state index contributed by atoms with van der Waals surface area (Å²) in [5.41, 5.74) is -1.23. The second-order valence-electron chi connectivity index (χ2n) is 12.8. The predicted octanol–water partition coefficient (Wildman–Crippen LogP) is 8.42. The lowest BCUT2D eigenvalue weighted by Gasteiger charge is -2.43. The van der Waals surface area contributed by atoms with Crippen molar-refractivity contribution in [3.63, 3.8) is 0 Å². The van der Waals surface area contributed by atoms with Gasteiger partial charge in [0.2, 0.25) is 0 Å². The molecule has 0 saturated carbocycles. The number of carbonyl (C=O) groups is 2. The summed E-state index contributed by atoms with van der Waals surface area (Å²) in [6, 6.07) is 9.99. The first-order valence-corrected chi connectivity index (χ1v) is 13.9. The quantitative estimate of drug-likeness (QED) is 0.233. The van der Waals surface area contributed by atoms with Crippen molar-refractivity contribution >= 4 is 11.6 Å². The molecule has 37 heavy (non-hydrogen) atoms. The monoisotopic (exact) mass is 516 g/mol. The van der Waals surface area contributed by atoms with Crippen LogP contribution in [0.15, 0.2) is 43.0 Å². The van der Waals surface area contributed by atoms with Crippen LogP contribution >= 0.6 is 0 Å². The number of Topliss-reactive ketones (excluding diaryl/α,β-unsaturated/α-hetero) is 2. The number of rotatable bonds is 14. The fourth-order valence-electron chi connectivity index (χ4n) is 3.91.